The average molecular weight is 291 g/mol. The third kappa shape index (κ3) is 3.07. The van der Waals surface area contributed by atoms with Crippen LogP contribution in [0.3, 0.4) is 0 Å². The Labute approximate surface area is 124 Å². The van der Waals surface area contributed by atoms with Crippen LogP contribution in [0, 0.1) is 0 Å². The highest BCUT2D eigenvalue weighted by Gasteiger charge is 2.26. The number of hydrogen-bond acceptors (Lipinski definition) is 5. The second-order valence-corrected chi connectivity index (χ2v) is 5.33. The predicted molar refractivity (Wildman–Crippen MR) is 78.0 cm³/mol. The summed E-state index contributed by atoms with van der Waals surface area (Å²) in [4.78, 5) is 25.0. The van der Waals surface area contributed by atoms with Gasteiger partial charge in [-0.1, -0.05) is 6.92 Å². The number of aromatic nitrogens is 2. The van der Waals surface area contributed by atoms with Crippen LogP contribution in [0.2, 0.25) is 0 Å². The number of morpholine rings is 1. The Kier molecular flexibility index (Phi) is 4.19. The molecule has 1 aromatic heterocycles. The van der Waals surface area contributed by atoms with Crippen LogP contribution in [0.1, 0.15) is 24.6 Å². The van der Waals surface area contributed by atoms with Gasteiger partial charge in [-0.15, -0.1) is 0 Å². The summed E-state index contributed by atoms with van der Waals surface area (Å²) >= 11 is 0. The molecule has 21 heavy (non-hydrogen) atoms. The molecule has 1 saturated heterocycles. The van der Waals surface area contributed by atoms with E-state index in [1.165, 1.54) is 0 Å². The Morgan fingerprint density at radius 1 is 1.38 bits per heavy atom. The fraction of sp³-hybridized carbons (Fsp3) is 0.643. The molecule has 0 radical (unpaired) electrons. The summed E-state index contributed by atoms with van der Waals surface area (Å²) in [5, 5.41) is 2.90. The number of fused-ring (bicyclic) bond motifs is 1. The maximum Gasteiger partial charge on any atom is 0.318 e. The van der Waals surface area contributed by atoms with Crippen molar-refractivity contribution in [3.8, 4) is 0 Å². The van der Waals surface area contributed by atoms with Crippen LogP contribution in [0.5, 0.6) is 0 Å². The van der Waals surface area contributed by atoms with Crippen LogP contribution >= 0.6 is 0 Å². The maximum atomic E-state index is 12.0. The van der Waals surface area contributed by atoms with Gasteiger partial charge in [-0.25, -0.2) is 14.8 Å². The number of carbonyl (C=O) groups excluding carboxylic acids is 1. The molecule has 114 valence electrons. The lowest BCUT2D eigenvalue weighted by atomic mass is 10.3. The van der Waals surface area contributed by atoms with Gasteiger partial charge in [0.2, 0.25) is 5.95 Å². The number of amides is 2. The highest BCUT2D eigenvalue weighted by molar-refractivity contribution is 5.74. The van der Waals surface area contributed by atoms with E-state index >= 15 is 0 Å². The van der Waals surface area contributed by atoms with Crippen molar-refractivity contribution in [2.45, 2.75) is 26.4 Å². The van der Waals surface area contributed by atoms with Gasteiger partial charge in [0.15, 0.2) is 0 Å². The summed E-state index contributed by atoms with van der Waals surface area (Å²) < 4.78 is 5.34. The van der Waals surface area contributed by atoms with Crippen molar-refractivity contribution < 1.29 is 9.53 Å². The Bertz CT molecular complexity index is 516. The first kappa shape index (κ1) is 14.1. The van der Waals surface area contributed by atoms with Crippen LogP contribution in [0.25, 0.3) is 0 Å². The van der Waals surface area contributed by atoms with E-state index < -0.39 is 0 Å². The van der Waals surface area contributed by atoms with Crippen molar-refractivity contribution in [3.63, 3.8) is 0 Å². The molecule has 7 nitrogen and oxygen atoms in total. The molecular formula is C14H21N5O2. The van der Waals surface area contributed by atoms with Crippen LogP contribution in [0.15, 0.2) is 6.20 Å². The summed E-state index contributed by atoms with van der Waals surface area (Å²) in [6.45, 7) is 6.96. The molecular weight excluding hydrogens is 270 g/mol. The van der Waals surface area contributed by atoms with Gasteiger partial charge in [0, 0.05) is 31.4 Å². The lowest BCUT2D eigenvalue weighted by Crippen LogP contribution is -2.37. The van der Waals surface area contributed by atoms with Crippen LogP contribution in [-0.4, -0.2) is 53.7 Å². The van der Waals surface area contributed by atoms with Gasteiger partial charge < -0.3 is 19.9 Å². The molecule has 2 aliphatic heterocycles. The number of nitrogens with one attached hydrogen (secondary N) is 1. The Balaban J connectivity index is 1.67. The SMILES string of the molecule is CCCNC(=O)N1Cc2cnc(N3CCOCC3)nc2C1. The zero-order chi connectivity index (χ0) is 14.7. The number of anilines is 1. The molecule has 1 aromatic rings. The summed E-state index contributed by atoms with van der Waals surface area (Å²) in [5.74, 6) is 0.743. The van der Waals surface area contributed by atoms with E-state index in [4.69, 9.17) is 4.74 Å². The van der Waals surface area contributed by atoms with E-state index in [9.17, 15) is 4.79 Å². The lowest BCUT2D eigenvalue weighted by molar-refractivity contribution is 0.122. The number of nitrogens with zero attached hydrogens (tertiary/aromatic N) is 4. The first-order valence-electron chi connectivity index (χ1n) is 7.48. The van der Waals surface area contributed by atoms with E-state index in [-0.39, 0.29) is 6.03 Å². The molecule has 0 aliphatic carbocycles. The Hall–Kier alpha value is -1.89. The van der Waals surface area contributed by atoms with Gasteiger partial charge in [-0.05, 0) is 6.42 Å². The first-order valence-corrected chi connectivity index (χ1v) is 7.48. The molecule has 0 saturated carbocycles. The zero-order valence-electron chi connectivity index (χ0n) is 12.3. The van der Waals surface area contributed by atoms with Gasteiger partial charge in [-0.3, -0.25) is 0 Å². The lowest BCUT2D eigenvalue weighted by Gasteiger charge is -2.26. The second-order valence-electron chi connectivity index (χ2n) is 5.33. The summed E-state index contributed by atoms with van der Waals surface area (Å²) in [6, 6.07) is -0.0252. The fourth-order valence-electron chi connectivity index (χ4n) is 2.55. The van der Waals surface area contributed by atoms with Crippen LogP contribution in [0.4, 0.5) is 10.7 Å². The topological polar surface area (TPSA) is 70.6 Å². The van der Waals surface area contributed by atoms with Gasteiger partial charge >= 0.3 is 6.03 Å². The Morgan fingerprint density at radius 3 is 2.95 bits per heavy atom. The molecule has 2 amide bonds. The van der Waals surface area contributed by atoms with E-state index in [0.717, 1.165) is 36.7 Å². The summed E-state index contributed by atoms with van der Waals surface area (Å²) in [6.07, 6.45) is 2.79. The quantitative estimate of drug-likeness (QED) is 0.890. The normalized spacial score (nSPS) is 17.8. The number of ether oxygens (including phenoxy) is 1. The number of carbonyl (C=O) groups is 1. The predicted octanol–water partition coefficient (Wildman–Crippen LogP) is 0.748. The van der Waals surface area contributed by atoms with Crippen molar-refractivity contribution in [2.75, 3.05) is 37.7 Å². The largest absolute Gasteiger partial charge is 0.378 e. The van der Waals surface area contributed by atoms with Crippen LogP contribution in [-0.2, 0) is 17.8 Å². The average Bonchev–Trinajstić information content (AvgIpc) is 2.96. The molecule has 2 aliphatic rings. The minimum Gasteiger partial charge on any atom is -0.378 e. The van der Waals surface area contributed by atoms with Crippen molar-refractivity contribution >= 4 is 12.0 Å². The molecule has 0 spiro atoms. The zero-order valence-corrected chi connectivity index (χ0v) is 12.3. The standard InChI is InChI=1S/C14H21N5O2/c1-2-3-15-14(20)19-9-11-8-16-13(17-12(11)10-19)18-4-6-21-7-5-18/h8H,2-7,9-10H2,1H3,(H,15,20). The van der Waals surface area contributed by atoms with E-state index in [1.54, 1.807) is 4.90 Å². The fourth-order valence-corrected chi connectivity index (χ4v) is 2.55. The molecule has 0 atom stereocenters. The molecule has 1 fully saturated rings. The molecule has 3 rings (SSSR count). The van der Waals surface area contributed by atoms with Crippen molar-refractivity contribution in [2.24, 2.45) is 0 Å². The van der Waals surface area contributed by atoms with Gasteiger partial charge in [-0.2, -0.15) is 0 Å². The third-order valence-electron chi connectivity index (χ3n) is 3.75. The minimum atomic E-state index is -0.0252. The minimum absolute atomic E-state index is 0.0252. The third-order valence-corrected chi connectivity index (χ3v) is 3.75. The Morgan fingerprint density at radius 2 is 2.19 bits per heavy atom. The number of rotatable bonds is 3. The van der Waals surface area contributed by atoms with Crippen LogP contribution < -0.4 is 10.2 Å². The van der Waals surface area contributed by atoms with Crippen molar-refractivity contribution in [1.82, 2.24) is 20.2 Å². The number of hydrogen-bond donors (Lipinski definition) is 1. The summed E-state index contributed by atoms with van der Waals surface area (Å²) in [5.41, 5.74) is 2.00. The van der Waals surface area contributed by atoms with Gasteiger partial charge in [0.25, 0.3) is 0 Å². The van der Waals surface area contributed by atoms with Crippen molar-refractivity contribution in [1.29, 1.82) is 0 Å². The van der Waals surface area contributed by atoms with Crippen molar-refractivity contribution in [3.05, 3.63) is 17.5 Å². The summed E-state index contributed by atoms with van der Waals surface area (Å²) in [7, 11) is 0. The molecule has 7 heteroatoms. The molecule has 1 N–H and O–H groups in total. The molecule has 0 unspecified atom stereocenters. The maximum absolute atomic E-state index is 12.0. The van der Waals surface area contributed by atoms with E-state index in [1.807, 2.05) is 13.1 Å². The molecule has 0 aromatic carbocycles. The van der Waals surface area contributed by atoms with E-state index in [2.05, 4.69) is 20.2 Å². The smallest absolute Gasteiger partial charge is 0.318 e. The highest BCUT2D eigenvalue weighted by Crippen LogP contribution is 2.22. The second kappa shape index (κ2) is 6.26. The first-order chi connectivity index (χ1) is 10.3. The number of urea groups is 1. The van der Waals surface area contributed by atoms with Gasteiger partial charge in [0.05, 0.1) is 32.0 Å². The van der Waals surface area contributed by atoms with E-state index in [0.29, 0.717) is 32.8 Å². The highest BCUT2D eigenvalue weighted by atomic mass is 16.5. The molecule has 0 bridgehead atoms. The monoisotopic (exact) mass is 291 g/mol. The van der Waals surface area contributed by atoms with Gasteiger partial charge in [0.1, 0.15) is 0 Å². The molecule has 3 heterocycles.